The number of aryl methyl sites for hydroxylation is 1. The van der Waals surface area contributed by atoms with Crippen LogP contribution in [0.3, 0.4) is 0 Å². The second-order valence-electron chi connectivity index (χ2n) is 5.26. The first-order chi connectivity index (χ1) is 10.1. The number of benzene rings is 2. The van der Waals surface area contributed by atoms with Gasteiger partial charge in [-0.3, -0.25) is 0 Å². The van der Waals surface area contributed by atoms with Crippen molar-refractivity contribution in [1.29, 1.82) is 0 Å². The summed E-state index contributed by atoms with van der Waals surface area (Å²) in [6.45, 7) is 11.1. The summed E-state index contributed by atoms with van der Waals surface area (Å²) in [6.07, 6.45) is 1.72. The van der Waals surface area contributed by atoms with Crippen LogP contribution in [0.2, 0.25) is 0 Å². The first-order valence-electron chi connectivity index (χ1n) is 7.11. The van der Waals surface area contributed by atoms with Crippen molar-refractivity contribution in [2.24, 2.45) is 0 Å². The first-order valence-corrected chi connectivity index (χ1v) is 7.11. The third kappa shape index (κ3) is 4.71. The number of rotatable bonds is 2. The van der Waals surface area contributed by atoms with Crippen LogP contribution in [0.4, 0.5) is 0 Å². The average molecular weight is 365 g/mol. The summed E-state index contributed by atoms with van der Waals surface area (Å²) in [6, 6.07) is 21.6. The first kappa shape index (κ1) is 18.5. The van der Waals surface area contributed by atoms with Gasteiger partial charge in [0.2, 0.25) is 0 Å². The fraction of sp³-hybridized carbons (Fsp3) is 0.0952. The molecule has 0 heterocycles. The van der Waals surface area contributed by atoms with Crippen LogP contribution >= 0.6 is 0 Å². The molecule has 0 amide bonds. The van der Waals surface area contributed by atoms with Gasteiger partial charge in [-0.15, -0.1) is 34.5 Å². The maximum absolute atomic E-state index is 3.56. The molecule has 0 aliphatic rings. The van der Waals surface area contributed by atoms with Crippen LogP contribution in [0.5, 0.6) is 0 Å². The van der Waals surface area contributed by atoms with E-state index >= 15 is 0 Å². The Morgan fingerprint density at radius 3 is 2.27 bits per heavy atom. The number of fused-ring (bicyclic) bond motifs is 1. The zero-order valence-corrected chi connectivity index (χ0v) is 15.7. The fourth-order valence-electron chi connectivity index (χ4n) is 2.25. The van der Waals surface area contributed by atoms with E-state index in [4.69, 9.17) is 0 Å². The van der Waals surface area contributed by atoms with Gasteiger partial charge < -0.3 is 0 Å². The molecule has 110 valence electrons. The Morgan fingerprint density at radius 1 is 1.05 bits per heavy atom. The van der Waals surface area contributed by atoms with Crippen molar-refractivity contribution >= 4 is 10.8 Å². The molecule has 3 rings (SSSR count). The van der Waals surface area contributed by atoms with Crippen molar-refractivity contribution in [3.8, 4) is 11.1 Å². The van der Waals surface area contributed by atoms with Crippen LogP contribution in [0.1, 0.15) is 12.5 Å². The Labute approximate surface area is 152 Å². The molecule has 0 aromatic heterocycles. The van der Waals surface area contributed by atoms with E-state index in [0.29, 0.717) is 0 Å². The molecule has 0 nitrogen and oxygen atoms in total. The maximum atomic E-state index is 3.56. The van der Waals surface area contributed by atoms with Gasteiger partial charge in [-0.2, -0.15) is 6.07 Å². The molecule has 0 saturated carbocycles. The molecule has 0 radical (unpaired) electrons. The van der Waals surface area contributed by atoms with E-state index in [2.05, 4.69) is 80.7 Å². The van der Waals surface area contributed by atoms with Crippen molar-refractivity contribution in [2.75, 3.05) is 0 Å². The Hall–Kier alpha value is -1.59. The molecule has 0 atom stereocenters. The van der Waals surface area contributed by atoms with E-state index < -0.39 is 0 Å². The molecular weight excluding hydrogens is 343 g/mol. The van der Waals surface area contributed by atoms with Crippen molar-refractivity contribution in [1.82, 2.24) is 0 Å². The van der Waals surface area contributed by atoms with Gasteiger partial charge in [0.1, 0.15) is 0 Å². The minimum atomic E-state index is 0. The third-order valence-corrected chi connectivity index (χ3v) is 3.33. The van der Waals surface area contributed by atoms with Crippen molar-refractivity contribution < 1.29 is 26.2 Å². The van der Waals surface area contributed by atoms with E-state index in [1.54, 1.807) is 6.08 Å². The molecular formula is C21H21Zr-. The van der Waals surface area contributed by atoms with Gasteiger partial charge in [0.05, 0.1) is 0 Å². The Kier molecular flexibility index (Phi) is 7.35. The summed E-state index contributed by atoms with van der Waals surface area (Å²) in [5.41, 5.74) is 4.97. The van der Waals surface area contributed by atoms with E-state index in [9.17, 15) is 0 Å². The van der Waals surface area contributed by atoms with Crippen molar-refractivity contribution in [3.05, 3.63) is 91.0 Å². The predicted octanol–water partition coefficient (Wildman–Crippen LogP) is 6.28. The minimum absolute atomic E-state index is 0. The van der Waals surface area contributed by atoms with Crippen molar-refractivity contribution in [3.63, 3.8) is 0 Å². The van der Waals surface area contributed by atoms with Gasteiger partial charge in [0.25, 0.3) is 0 Å². The van der Waals surface area contributed by atoms with E-state index in [1.165, 1.54) is 27.5 Å². The summed E-state index contributed by atoms with van der Waals surface area (Å²) in [5.74, 6) is 0. The SMILES string of the molecule is C=CC(=C)C.Cc1cc2c(-c3ccccc3)cccc2[cH-]1.[Zr]. The molecule has 0 aliphatic heterocycles. The molecule has 22 heavy (non-hydrogen) atoms. The largest absolute Gasteiger partial charge is 0.165 e. The normalized spacial score (nSPS) is 9.36. The molecule has 3 aromatic rings. The number of allylic oxidation sites excluding steroid dienone is 2. The van der Waals surface area contributed by atoms with Gasteiger partial charge in [-0.1, -0.05) is 73.7 Å². The van der Waals surface area contributed by atoms with Crippen molar-refractivity contribution in [2.45, 2.75) is 13.8 Å². The quantitative estimate of drug-likeness (QED) is 0.371. The minimum Gasteiger partial charge on any atom is -0.165 e. The molecule has 0 aliphatic carbocycles. The molecule has 0 spiro atoms. The predicted molar refractivity (Wildman–Crippen MR) is 94.7 cm³/mol. The van der Waals surface area contributed by atoms with E-state index in [-0.39, 0.29) is 26.2 Å². The van der Waals surface area contributed by atoms with Gasteiger partial charge in [0, 0.05) is 26.2 Å². The Balaban J connectivity index is 0.000000356. The second kappa shape index (κ2) is 8.76. The van der Waals surface area contributed by atoms with Crippen LogP contribution < -0.4 is 0 Å². The van der Waals surface area contributed by atoms with E-state index in [0.717, 1.165) is 5.57 Å². The van der Waals surface area contributed by atoms with Crippen LogP contribution in [0.25, 0.3) is 21.9 Å². The van der Waals surface area contributed by atoms with Crippen LogP contribution in [-0.4, -0.2) is 0 Å². The summed E-state index contributed by atoms with van der Waals surface area (Å²) in [5, 5.41) is 2.69. The molecule has 1 heteroatoms. The molecule has 3 aromatic carbocycles. The van der Waals surface area contributed by atoms with Gasteiger partial charge in [-0.25, -0.2) is 0 Å². The summed E-state index contributed by atoms with van der Waals surface area (Å²) >= 11 is 0. The second-order valence-corrected chi connectivity index (χ2v) is 5.26. The van der Waals surface area contributed by atoms with E-state index in [1.807, 2.05) is 6.92 Å². The monoisotopic (exact) mass is 363 g/mol. The van der Waals surface area contributed by atoms with Crippen LogP contribution in [-0.2, 0) is 26.2 Å². The molecule has 0 N–H and O–H groups in total. The summed E-state index contributed by atoms with van der Waals surface area (Å²) in [7, 11) is 0. The topological polar surface area (TPSA) is 0 Å². The summed E-state index contributed by atoms with van der Waals surface area (Å²) in [4.78, 5) is 0. The van der Waals surface area contributed by atoms with Crippen LogP contribution in [0.15, 0.2) is 85.5 Å². The van der Waals surface area contributed by atoms with Gasteiger partial charge >= 0.3 is 0 Å². The van der Waals surface area contributed by atoms with Gasteiger partial charge in [-0.05, 0) is 12.5 Å². The third-order valence-electron chi connectivity index (χ3n) is 3.33. The standard InChI is InChI=1S/C16H13.C5H8.Zr/c1-12-10-14-8-5-9-15(16(14)11-12)13-6-3-2-4-7-13;1-4-5(2)3;/h2-11H,1H3;4H,1-2H2,3H3;/q-1;;. The fourth-order valence-corrected chi connectivity index (χ4v) is 2.25. The van der Waals surface area contributed by atoms with Crippen LogP contribution in [0, 0.1) is 6.92 Å². The summed E-state index contributed by atoms with van der Waals surface area (Å²) < 4.78 is 0. The zero-order valence-electron chi connectivity index (χ0n) is 13.3. The Morgan fingerprint density at radius 2 is 1.68 bits per heavy atom. The smallest absolute Gasteiger partial charge is 0 e. The zero-order chi connectivity index (χ0) is 15.2. The maximum Gasteiger partial charge on any atom is 0 e. The molecule has 0 saturated heterocycles. The Bertz CT molecular complexity index is 748. The molecule has 0 fully saturated rings. The molecule has 0 unspecified atom stereocenters. The number of hydrogen-bond acceptors (Lipinski definition) is 0. The molecule has 0 bridgehead atoms. The number of hydrogen-bond donors (Lipinski definition) is 0. The average Bonchev–Trinajstić information content (AvgIpc) is 2.88. The van der Waals surface area contributed by atoms with Gasteiger partial charge in [0.15, 0.2) is 0 Å².